The lowest BCUT2D eigenvalue weighted by atomic mass is 10.2. The van der Waals surface area contributed by atoms with Gasteiger partial charge in [0.2, 0.25) is 5.91 Å². The van der Waals surface area contributed by atoms with E-state index in [0.717, 1.165) is 19.5 Å². The smallest absolute Gasteiger partial charge is 0.238 e. The summed E-state index contributed by atoms with van der Waals surface area (Å²) in [7, 11) is 3.53. The zero-order valence-electron chi connectivity index (χ0n) is 12.2. The van der Waals surface area contributed by atoms with Gasteiger partial charge in [0, 0.05) is 18.3 Å². The van der Waals surface area contributed by atoms with Gasteiger partial charge in [-0.15, -0.1) is 12.4 Å². The summed E-state index contributed by atoms with van der Waals surface area (Å²) in [6, 6.07) is 5.64. The number of rotatable bonds is 5. The third-order valence-corrected chi connectivity index (χ3v) is 3.78. The molecule has 1 aliphatic rings. The fourth-order valence-electron chi connectivity index (χ4n) is 2.32. The van der Waals surface area contributed by atoms with Crippen LogP contribution in [0.25, 0.3) is 0 Å². The Bertz CT molecular complexity index is 479. The van der Waals surface area contributed by atoms with Crippen molar-refractivity contribution in [1.29, 1.82) is 0 Å². The van der Waals surface area contributed by atoms with Gasteiger partial charge in [-0.2, -0.15) is 0 Å². The zero-order chi connectivity index (χ0) is 14.5. The Balaban J connectivity index is 0.00000220. The quantitative estimate of drug-likeness (QED) is 0.865. The van der Waals surface area contributed by atoms with Crippen LogP contribution in [-0.4, -0.2) is 50.6 Å². The molecule has 7 heteroatoms. The van der Waals surface area contributed by atoms with E-state index in [1.165, 1.54) is 0 Å². The Labute approximate surface area is 136 Å². The molecule has 1 unspecified atom stereocenters. The monoisotopic (exact) mass is 333 g/mol. The first kappa shape index (κ1) is 18.0. The molecule has 1 aromatic carbocycles. The highest BCUT2D eigenvalue weighted by Gasteiger charge is 2.20. The highest BCUT2D eigenvalue weighted by atomic mass is 35.5. The molecule has 1 amide bonds. The molecule has 2 N–H and O–H groups in total. The van der Waals surface area contributed by atoms with Crippen LogP contribution in [0.2, 0.25) is 5.02 Å². The van der Waals surface area contributed by atoms with Crippen molar-refractivity contribution in [3.05, 3.63) is 23.2 Å². The number of nitrogens with zero attached hydrogens (tertiary/aromatic N) is 1. The summed E-state index contributed by atoms with van der Waals surface area (Å²) in [4.78, 5) is 14.1. The summed E-state index contributed by atoms with van der Waals surface area (Å²) in [5.74, 6) is 0.555. The highest BCUT2D eigenvalue weighted by molar-refractivity contribution is 6.32. The Morgan fingerprint density at radius 2 is 2.33 bits per heavy atom. The van der Waals surface area contributed by atoms with E-state index in [1.54, 1.807) is 25.3 Å². The molecule has 0 radical (unpaired) electrons. The van der Waals surface area contributed by atoms with Gasteiger partial charge in [-0.3, -0.25) is 9.69 Å². The number of hydrogen-bond acceptors (Lipinski definition) is 4. The van der Waals surface area contributed by atoms with Gasteiger partial charge < -0.3 is 15.4 Å². The maximum atomic E-state index is 12.0. The second-order valence-electron chi connectivity index (χ2n) is 4.96. The number of amides is 1. The molecule has 1 heterocycles. The van der Waals surface area contributed by atoms with Crippen LogP contribution < -0.4 is 15.4 Å². The molecule has 1 aromatic rings. The summed E-state index contributed by atoms with van der Waals surface area (Å²) >= 11 is 6.03. The van der Waals surface area contributed by atoms with Crippen molar-refractivity contribution in [2.24, 2.45) is 0 Å². The van der Waals surface area contributed by atoms with E-state index >= 15 is 0 Å². The second kappa shape index (κ2) is 8.44. The molecular weight excluding hydrogens is 313 g/mol. The van der Waals surface area contributed by atoms with Crippen molar-refractivity contribution in [3.63, 3.8) is 0 Å². The minimum atomic E-state index is -0.0411. The molecule has 0 aliphatic carbocycles. The maximum absolute atomic E-state index is 12.0. The second-order valence-corrected chi connectivity index (χ2v) is 5.37. The molecule has 118 valence electrons. The van der Waals surface area contributed by atoms with E-state index in [0.29, 0.717) is 29.0 Å². The third-order valence-electron chi connectivity index (χ3n) is 3.49. The van der Waals surface area contributed by atoms with Crippen molar-refractivity contribution < 1.29 is 9.53 Å². The summed E-state index contributed by atoms with van der Waals surface area (Å²) in [5.41, 5.74) is 0.679. The molecule has 1 fully saturated rings. The van der Waals surface area contributed by atoms with Crippen LogP contribution in [0.3, 0.4) is 0 Å². The van der Waals surface area contributed by atoms with Gasteiger partial charge in [0.25, 0.3) is 0 Å². The summed E-state index contributed by atoms with van der Waals surface area (Å²) < 4.78 is 5.08. The minimum absolute atomic E-state index is 0. The number of halogens is 2. The lowest BCUT2D eigenvalue weighted by Crippen LogP contribution is -2.39. The van der Waals surface area contributed by atoms with Crippen LogP contribution in [0, 0.1) is 0 Å². The molecule has 21 heavy (non-hydrogen) atoms. The number of methoxy groups -OCH3 is 1. The van der Waals surface area contributed by atoms with Crippen molar-refractivity contribution in [3.8, 4) is 5.75 Å². The maximum Gasteiger partial charge on any atom is 0.238 e. The predicted octanol–water partition coefficient (Wildman–Crippen LogP) is 2.00. The van der Waals surface area contributed by atoms with Crippen LogP contribution in [0.5, 0.6) is 5.75 Å². The molecule has 1 aliphatic heterocycles. The van der Waals surface area contributed by atoms with Crippen LogP contribution in [0.4, 0.5) is 5.69 Å². The first-order valence-electron chi connectivity index (χ1n) is 6.64. The number of hydrogen-bond donors (Lipinski definition) is 2. The largest absolute Gasteiger partial charge is 0.495 e. The molecule has 0 bridgehead atoms. The van der Waals surface area contributed by atoms with E-state index in [4.69, 9.17) is 16.3 Å². The van der Waals surface area contributed by atoms with Crippen molar-refractivity contribution >= 4 is 35.6 Å². The summed E-state index contributed by atoms with van der Waals surface area (Å²) in [6.45, 7) is 2.33. The zero-order valence-corrected chi connectivity index (χ0v) is 13.8. The lowest BCUT2D eigenvalue weighted by Gasteiger charge is -2.22. The van der Waals surface area contributed by atoms with Crippen LogP contribution in [0.15, 0.2) is 18.2 Å². The number of benzene rings is 1. The molecule has 0 saturated carbocycles. The summed E-state index contributed by atoms with van der Waals surface area (Å²) in [5, 5.41) is 6.62. The van der Waals surface area contributed by atoms with Crippen molar-refractivity contribution in [1.82, 2.24) is 10.2 Å². The van der Waals surface area contributed by atoms with Crippen LogP contribution in [0.1, 0.15) is 6.42 Å². The molecule has 1 saturated heterocycles. The number of carbonyl (C=O) groups is 1. The molecule has 5 nitrogen and oxygen atoms in total. The fourth-order valence-corrected chi connectivity index (χ4v) is 2.57. The molecule has 2 rings (SSSR count). The number of likely N-dealkylation sites (N-methyl/N-ethyl adjacent to an activating group) is 1. The van der Waals surface area contributed by atoms with Gasteiger partial charge in [0.1, 0.15) is 5.75 Å². The highest BCUT2D eigenvalue weighted by Crippen LogP contribution is 2.27. The van der Waals surface area contributed by atoms with Gasteiger partial charge in [-0.25, -0.2) is 0 Å². The minimum Gasteiger partial charge on any atom is -0.495 e. The van der Waals surface area contributed by atoms with Gasteiger partial charge in [-0.1, -0.05) is 11.6 Å². The Hall–Kier alpha value is -1.01. The lowest BCUT2D eigenvalue weighted by molar-refractivity contribution is -0.117. The van der Waals surface area contributed by atoms with Gasteiger partial charge in [0.05, 0.1) is 18.7 Å². The van der Waals surface area contributed by atoms with Crippen molar-refractivity contribution in [2.75, 3.05) is 39.1 Å². The first-order valence-corrected chi connectivity index (χ1v) is 7.02. The number of anilines is 1. The predicted molar refractivity (Wildman–Crippen MR) is 87.8 cm³/mol. The van der Waals surface area contributed by atoms with Crippen LogP contribution >= 0.6 is 24.0 Å². The summed E-state index contributed by atoms with van der Waals surface area (Å²) in [6.07, 6.45) is 1.08. The molecule has 0 spiro atoms. The van der Waals surface area contributed by atoms with E-state index in [2.05, 4.69) is 15.5 Å². The van der Waals surface area contributed by atoms with Crippen molar-refractivity contribution in [2.45, 2.75) is 12.5 Å². The Morgan fingerprint density at radius 3 is 2.90 bits per heavy atom. The Morgan fingerprint density at radius 1 is 1.57 bits per heavy atom. The average molecular weight is 334 g/mol. The standard InChI is InChI=1S/C14H20ClN3O2.ClH/c1-18(11-5-6-16-8-11)9-14(19)17-10-3-4-13(20-2)12(15)7-10;/h3-4,7,11,16H,5-6,8-9H2,1-2H3,(H,17,19);1H. The van der Waals surface area contributed by atoms with E-state index in [1.807, 2.05) is 7.05 Å². The van der Waals surface area contributed by atoms with Gasteiger partial charge in [0.15, 0.2) is 0 Å². The molecule has 0 aromatic heterocycles. The number of ether oxygens (including phenoxy) is 1. The van der Waals surface area contributed by atoms with Gasteiger partial charge in [-0.05, 0) is 38.2 Å². The van der Waals surface area contributed by atoms with Crippen LogP contribution in [-0.2, 0) is 4.79 Å². The van der Waals surface area contributed by atoms with E-state index in [-0.39, 0.29) is 18.3 Å². The average Bonchev–Trinajstić information content (AvgIpc) is 2.92. The topological polar surface area (TPSA) is 53.6 Å². The Kier molecular flexibility index (Phi) is 7.25. The number of carbonyl (C=O) groups excluding carboxylic acids is 1. The normalized spacial score (nSPS) is 17.4. The van der Waals surface area contributed by atoms with Gasteiger partial charge >= 0.3 is 0 Å². The first-order chi connectivity index (χ1) is 9.60. The third kappa shape index (κ3) is 5.04. The molecule has 1 atom stereocenters. The number of nitrogens with one attached hydrogen (secondary N) is 2. The fraction of sp³-hybridized carbons (Fsp3) is 0.500. The SMILES string of the molecule is COc1ccc(NC(=O)CN(C)C2CCNC2)cc1Cl.Cl. The molecular formula is C14H21Cl2N3O2. The van der Waals surface area contributed by atoms with E-state index < -0.39 is 0 Å². The van der Waals surface area contributed by atoms with E-state index in [9.17, 15) is 4.79 Å².